The summed E-state index contributed by atoms with van der Waals surface area (Å²) in [6.07, 6.45) is 0.832. The first-order valence-electron chi connectivity index (χ1n) is 10.1. The molecule has 4 aromatic rings. The average Bonchev–Trinajstić information content (AvgIpc) is 3.17. The van der Waals surface area contributed by atoms with Crippen molar-refractivity contribution >= 4 is 34.5 Å². The second-order valence-electron chi connectivity index (χ2n) is 7.74. The van der Waals surface area contributed by atoms with E-state index in [1.165, 1.54) is 5.56 Å². The lowest BCUT2D eigenvalue weighted by Crippen LogP contribution is -2.43. The predicted octanol–water partition coefficient (Wildman–Crippen LogP) is 6.41. The molecule has 1 aliphatic rings. The Labute approximate surface area is 179 Å². The number of carbonyl (C=O) groups is 1. The Morgan fingerprint density at radius 2 is 1.83 bits per heavy atom. The topological polar surface area (TPSA) is 46.3 Å². The van der Waals surface area contributed by atoms with Gasteiger partial charge in [0.1, 0.15) is 5.52 Å². The summed E-state index contributed by atoms with van der Waals surface area (Å²) >= 11 is 1.64. The lowest BCUT2D eigenvalue weighted by molar-refractivity contribution is 0.0975. The number of hydrogen-bond donors (Lipinski definition) is 0. The van der Waals surface area contributed by atoms with Gasteiger partial charge in [0.2, 0.25) is 0 Å². The van der Waals surface area contributed by atoms with E-state index in [9.17, 15) is 4.79 Å². The SMILES string of the molecule is Cc1ccc2c(c1)[C@H](Sc1nc3ccccc3o1)C[C@@H](C)N2C(=O)c1ccccc1. The van der Waals surface area contributed by atoms with Gasteiger partial charge < -0.3 is 9.32 Å². The minimum atomic E-state index is 0.0403. The number of anilines is 1. The number of para-hydroxylation sites is 2. The summed E-state index contributed by atoms with van der Waals surface area (Å²) in [4.78, 5) is 19.9. The number of nitrogens with zero attached hydrogens (tertiary/aromatic N) is 2. The van der Waals surface area contributed by atoms with Gasteiger partial charge in [-0.25, -0.2) is 4.98 Å². The quantitative estimate of drug-likeness (QED) is 0.389. The molecule has 4 nitrogen and oxygen atoms in total. The molecule has 5 heteroatoms. The summed E-state index contributed by atoms with van der Waals surface area (Å²) in [5.74, 6) is 0.0403. The van der Waals surface area contributed by atoms with Crippen molar-refractivity contribution in [1.82, 2.24) is 4.98 Å². The number of rotatable bonds is 3. The van der Waals surface area contributed by atoms with Crippen molar-refractivity contribution in [2.75, 3.05) is 4.90 Å². The highest BCUT2D eigenvalue weighted by Gasteiger charge is 2.35. The maximum absolute atomic E-state index is 13.3. The van der Waals surface area contributed by atoms with Crippen molar-refractivity contribution in [2.24, 2.45) is 0 Å². The molecule has 3 aromatic carbocycles. The fourth-order valence-electron chi connectivity index (χ4n) is 4.09. The van der Waals surface area contributed by atoms with Crippen LogP contribution in [0.2, 0.25) is 0 Å². The van der Waals surface area contributed by atoms with Crippen LogP contribution in [0.3, 0.4) is 0 Å². The fourth-order valence-corrected chi connectivity index (χ4v) is 5.32. The van der Waals surface area contributed by atoms with Crippen LogP contribution in [-0.2, 0) is 0 Å². The molecule has 5 rings (SSSR count). The average molecular weight is 415 g/mol. The molecule has 0 saturated heterocycles. The van der Waals surface area contributed by atoms with Gasteiger partial charge >= 0.3 is 0 Å². The molecular formula is C25H22N2O2S. The second kappa shape index (κ2) is 7.65. The van der Waals surface area contributed by atoms with Crippen molar-refractivity contribution in [2.45, 2.75) is 36.8 Å². The highest BCUT2D eigenvalue weighted by Crippen LogP contribution is 2.48. The molecule has 0 fully saturated rings. The number of oxazole rings is 1. The molecule has 0 aliphatic carbocycles. The Morgan fingerprint density at radius 1 is 1.07 bits per heavy atom. The van der Waals surface area contributed by atoms with Crippen molar-refractivity contribution in [1.29, 1.82) is 0 Å². The van der Waals surface area contributed by atoms with Gasteiger partial charge in [0.05, 0.1) is 0 Å². The van der Waals surface area contributed by atoms with Crippen LogP contribution in [0, 0.1) is 6.92 Å². The monoisotopic (exact) mass is 414 g/mol. The van der Waals surface area contributed by atoms with E-state index in [0.717, 1.165) is 28.8 Å². The Bertz CT molecular complexity index is 1190. The molecule has 2 heterocycles. The zero-order chi connectivity index (χ0) is 20.7. The number of hydrogen-bond acceptors (Lipinski definition) is 4. The first kappa shape index (κ1) is 18.9. The van der Waals surface area contributed by atoms with Gasteiger partial charge in [-0.3, -0.25) is 4.79 Å². The number of aromatic nitrogens is 1. The van der Waals surface area contributed by atoms with Crippen LogP contribution < -0.4 is 4.90 Å². The molecule has 1 aromatic heterocycles. The molecule has 0 bridgehead atoms. The number of benzene rings is 3. The molecule has 0 unspecified atom stereocenters. The smallest absolute Gasteiger partial charge is 0.258 e. The second-order valence-corrected chi connectivity index (χ2v) is 8.90. The zero-order valence-corrected chi connectivity index (χ0v) is 17.7. The lowest BCUT2D eigenvalue weighted by Gasteiger charge is -2.39. The van der Waals surface area contributed by atoms with Crippen molar-refractivity contribution in [3.63, 3.8) is 0 Å². The van der Waals surface area contributed by atoms with Crippen LogP contribution >= 0.6 is 11.8 Å². The van der Waals surface area contributed by atoms with E-state index >= 15 is 0 Å². The number of fused-ring (bicyclic) bond motifs is 2. The molecular weight excluding hydrogens is 392 g/mol. The fraction of sp³-hybridized carbons (Fsp3) is 0.200. The Kier molecular flexibility index (Phi) is 4.83. The molecule has 1 aliphatic heterocycles. The molecule has 0 N–H and O–H groups in total. The van der Waals surface area contributed by atoms with E-state index < -0.39 is 0 Å². The molecule has 30 heavy (non-hydrogen) atoms. The predicted molar refractivity (Wildman–Crippen MR) is 121 cm³/mol. The Morgan fingerprint density at radius 3 is 2.63 bits per heavy atom. The molecule has 0 spiro atoms. The lowest BCUT2D eigenvalue weighted by atomic mass is 9.94. The Hall–Kier alpha value is -3.05. The maximum atomic E-state index is 13.3. The summed E-state index contributed by atoms with van der Waals surface area (Å²) in [6, 6.07) is 23.7. The van der Waals surface area contributed by atoms with Gasteiger partial charge in [-0.15, -0.1) is 0 Å². The standard InChI is InChI=1S/C25H22N2O2S/c1-16-12-13-21-19(14-16)23(30-25-26-20-10-6-7-11-22(20)29-25)15-17(2)27(21)24(28)18-8-4-3-5-9-18/h3-14,17,23H,15H2,1-2H3/t17-,23-/m1/s1. The first-order valence-corrected chi connectivity index (χ1v) is 11.0. The van der Waals surface area contributed by atoms with Gasteiger partial charge in [0.25, 0.3) is 11.1 Å². The van der Waals surface area contributed by atoms with Gasteiger partial charge in [0.15, 0.2) is 5.58 Å². The van der Waals surface area contributed by atoms with E-state index in [1.807, 2.05) is 59.5 Å². The summed E-state index contributed by atoms with van der Waals surface area (Å²) < 4.78 is 5.97. The van der Waals surface area contributed by atoms with Crippen LogP contribution in [0.4, 0.5) is 5.69 Å². The van der Waals surface area contributed by atoms with Gasteiger partial charge in [-0.05, 0) is 56.2 Å². The van der Waals surface area contributed by atoms with E-state index in [4.69, 9.17) is 4.42 Å². The van der Waals surface area contributed by atoms with Crippen LogP contribution in [0.5, 0.6) is 0 Å². The van der Waals surface area contributed by atoms with Gasteiger partial charge in [0, 0.05) is 22.5 Å². The van der Waals surface area contributed by atoms with Crippen molar-refractivity contribution < 1.29 is 9.21 Å². The number of amides is 1. The normalized spacial score (nSPS) is 18.4. The Balaban J connectivity index is 1.52. The zero-order valence-electron chi connectivity index (χ0n) is 16.9. The van der Waals surface area contributed by atoms with E-state index in [0.29, 0.717) is 10.8 Å². The van der Waals surface area contributed by atoms with Crippen LogP contribution in [-0.4, -0.2) is 16.9 Å². The third kappa shape index (κ3) is 3.39. The highest BCUT2D eigenvalue weighted by atomic mass is 32.2. The van der Waals surface area contributed by atoms with E-state index in [2.05, 4.69) is 37.0 Å². The molecule has 2 atom stereocenters. The number of carbonyl (C=O) groups excluding carboxylic acids is 1. The number of aryl methyl sites for hydroxylation is 1. The molecule has 150 valence electrons. The highest BCUT2D eigenvalue weighted by molar-refractivity contribution is 7.99. The minimum Gasteiger partial charge on any atom is -0.431 e. The van der Waals surface area contributed by atoms with Gasteiger partial charge in [-0.1, -0.05) is 59.8 Å². The third-order valence-corrected chi connectivity index (χ3v) is 6.65. The van der Waals surface area contributed by atoms with Crippen LogP contribution in [0.1, 0.15) is 40.1 Å². The van der Waals surface area contributed by atoms with E-state index in [1.54, 1.807) is 11.8 Å². The summed E-state index contributed by atoms with van der Waals surface area (Å²) in [5, 5.41) is 0.839. The van der Waals surface area contributed by atoms with Crippen LogP contribution in [0.25, 0.3) is 11.1 Å². The van der Waals surface area contributed by atoms with Crippen molar-refractivity contribution in [3.05, 3.63) is 89.5 Å². The molecule has 0 saturated carbocycles. The molecule has 0 radical (unpaired) electrons. The minimum absolute atomic E-state index is 0.0403. The van der Waals surface area contributed by atoms with Crippen LogP contribution in [0.15, 0.2) is 82.4 Å². The first-order chi connectivity index (χ1) is 14.6. The van der Waals surface area contributed by atoms with Gasteiger partial charge in [-0.2, -0.15) is 0 Å². The maximum Gasteiger partial charge on any atom is 0.258 e. The molecule has 1 amide bonds. The number of thioether (sulfide) groups is 1. The largest absolute Gasteiger partial charge is 0.431 e. The van der Waals surface area contributed by atoms with E-state index in [-0.39, 0.29) is 17.2 Å². The summed E-state index contributed by atoms with van der Waals surface area (Å²) in [6.45, 7) is 4.20. The third-order valence-electron chi connectivity index (χ3n) is 5.54. The van der Waals surface area contributed by atoms with Crippen molar-refractivity contribution in [3.8, 4) is 0 Å². The summed E-state index contributed by atoms with van der Waals surface area (Å²) in [5.41, 5.74) is 5.69. The summed E-state index contributed by atoms with van der Waals surface area (Å²) in [7, 11) is 0.